The van der Waals surface area contributed by atoms with E-state index in [1.165, 1.54) is 55.2 Å². The maximum atomic E-state index is 5.17. The highest BCUT2D eigenvalue weighted by atomic mass is 15.0. The van der Waals surface area contributed by atoms with Gasteiger partial charge in [-0.1, -0.05) is 194 Å². The molecule has 1 aliphatic rings. The summed E-state index contributed by atoms with van der Waals surface area (Å²) in [5, 5.41) is 2.46. The summed E-state index contributed by atoms with van der Waals surface area (Å²) in [6.07, 6.45) is 11.7. The first-order valence-electron chi connectivity index (χ1n) is 21.2. The number of allylic oxidation sites excluding steroid dienone is 6. The van der Waals surface area contributed by atoms with Gasteiger partial charge in [0, 0.05) is 38.7 Å². The second-order valence-corrected chi connectivity index (χ2v) is 15.7. The van der Waals surface area contributed by atoms with Crippen molar-refractivity contribution < 1.29 is 0 Å². The van der Waals surface area contributed by atoms with Gasteiger partial charge in [0.15, 0.2) is 5.82 Å². The van der Waals surface area contributed by atoms with Crippen molar-refractivity contribution in [2.24, 2.45) is 0 Å². The van der Waals surface area contributed by atoms with E-state index >= 15 is 0 Å². The summed E-state index contributed by atoms with van der Waals surface area (Å²) in [5.41, 5.74) is 17.8. The van der Waals surface area contributed by atoms with Gasteiger partial charge in [0.1, 0.15) is 0 Å². The van der Waals surface area contributed by atoms with E-state index in [9.17, 15) is 0 Å². The SMILES string of the molecule is C1=CCC=C(c2ccc(-c3cc(-c4cccc(-c5cccc(-c6ccc7c(c6)c6cccc(-c8ccccc8)c6n7-c6ccccc6)c5)c4)nc(-c4ccccc4)n3)cc2)C=C1. The van der Waals surface area contributed by atoms with E-state index < -0.39 is 0 Å². The molecule has 0 spiro atoms. The molecule has 0 unspecified atom stereocenters. The molecule has 1 aliphatic carbocycles. The predicted octanol–water partition coefficient (Wildman–Crippen LogP) is 15.5. The number of aromatic nitrogens is 3. The van der Waals surface area contributed by atoms with E-state index in [2.05, 4.69) is 223 Å². The van der Waals surface area contributed by atoms with Gasteiger partial charge in [-0.15, -0.1) is 0 Å². The molecular formula is C59H41N3. The average Bonchev–Trinajstić information content (AvgIpc) is 3.46. The molecule has 0 N–H and O–H groups in total. The van der Waals surface area contributed by atoms with Crippen molar-refractivity contribution in [2.45, 2.75) is 6.42 Å². The van der Waals surface area contributed by atoms with Crippen LogP contribution in [0.1, 0.15) is 12.0 Å². The minimum absolute atomic E-state index is 0.704. The number of rotatable bonds is 8. The van der Waals surface area contributed by atoms with Crippen LogP contribution in [0.2, 0.25) is 0 Å². The van der Waals surface area contributed by atoms with Crippen molar-refractivity contribution >= 4 is 27.4 Å². The molecule has 0 radical (unpaired) electrons. The van der Waals surface area contributed by atoms with Crippen molar-refractivity contribution in [1.82, 2.24) is 14.5 Å². The first kappa shape index (κ1) is 36.9. The molecule has 0 saturated carbocycles. The number of para-hydroxylation sites is 2. The van der Waals surface area contributed by atoms with Crippen molar-refractivity contribution in [3.63, 3.8) is 0 Å². The third kappa shape index (κ3) is 7.06. The normalized spacial score (nSPS) is 12.4. The first-order chi connectivity index (χ1) is 30.7. The molecular weight excluding hydrogens is 751 g/mol. The molecule has 3 nitrogen and oxygen atoms in total. The zero-order valence-corrected chi connectivity index (χ0v) is 34.1. The Hall–Kier alpha value is -8.14. The Morgan fingerprint density at radius 2 is 0.952 bits per heavy atom. The van der Waals surface area contributed by atoms with Crippen LogP contribution in [0.5, 0.6) is 0 Å². The van der Waals surface area contributed by atoms with Crippen LogP contribution in [0.15, 0.2) is 237 Å². The fourth-order valence-electron chi connectivity index (χ4n) is 8.77. The molecule has 3 heteroatoms. The van der Waals surface area contributed by atoms with Crippen LogP contribution >= 0.6 is 0 Å². The fraction of sp³-hybridized carbons (Fsp3) is 0.0169. The van der Waals surface area contributed by atoms with Crippen LogP contribution in [-0.2, 0) is 0 Å². The molecule has 0 saturated heterocycles. The molecule has 0 atom stereocenters. The Morgan fingerprint density at radius 1 is 0.387 bits per heavy atom. The van der Waals surface area contributed by atoms with Crippen LogP contribution in [0.3, 0.4) is 0 Å². The zero-order valence-electron chi connectivity index (χ0n) is 34.1. The Bertz CT molecular complexity index is 3340. The van der Waals surface area contributed by atoms with Crippen molar-refractivity contribution in [1.29, 1.82) is 0 Å². The highest BCUT2D eigenvalue weighted by Gasteiger charge is 2.18. The molecule has 2 aromatic heterocycles. The number of hydrogen-bond donors (Lipinski definition) is 0. The second kappa shape index (κ2) is 16.1. The monoisotopic (exact) mass is 791 g/mol. The van der Waals surface area contributed by atoms with Crippen molar-refractivity contribution in [3.05, 3.63) is 242 Å². The summed E-state index contributed by atoms with van der Waals surface area (Å²) < 4.78 is 2.42. The number of fused-ring (bicyclic) bond motifs is 3. The van der Waals surface area contributed by atoms with E-state index in [1.54, 1.807) is 0 Å². The maximum Gasteiger partial charge on any atom is 0.160 e. The van der Waals surface area contributed by atoms with E-state index in [4.69, 9.17) is 9.97 Å². The van der Waals surface area contributed by atoms with Crippen molar-refractivity contribution in [2.75, 3.05) is 0 Å². The summed E-state index contributed by atoms with van der Waals surface area (Å²) in [4.78, 5) is 10.3. The van der Waals surface area contributed by atoms with Crippen LogP contribution in [0.4, 0.5) is 0 Å². The quantitative estimate of drug-likeness (QED) is 0.153. The summed E-state index contributed by atoms with van der Waals surface area (Å²) in [7, 11) is 0. The maximum absolute atomic E-state index is 5.17. The standard InChI is InChI=1S/C59H41N3/c1-2-7-18-41(17-6-1)42-31-33-44(34-32-42)55-40-56(61-59(60-55)45-21-10-4-11-22-45)50-26-15-25-48(38-50)46-23-14-24-47(37-46)49-35-36-57-54(39-49)53-30-16-29-52(43-19-8-3-9-20-43)58(53)62(57)51-27-12-5-13-28-51/h1-6,8-40H,7H2. The van der Waals surface area contributed by atoms with Gasteiger partial charge in [0.25, 0.3) is 0 Å². The van der Waals surface area contributed by atoms with E-state index in [0.29, 0.717) is 5.82 Å². The lowest BCUT2D eigenvalue weighted by molar-refractivity contribution is 1.18. The van der Waals surface area contributed by atoms with Gasteiger partial charge in [-0.05, 0) is 87.8 Å². The molecule has 292 valence electrons. The third-order valence-electron chi connectivity index (χ3n) is 11.8. The topological polar surface area (TPSA) is 30.7 Å². The third-order valence-corrected chi connectivity index (χ3v) is 11.8. The second-order valence-electron chi connectivity index (χ2n) is 15.7. The Kier molecular flexibility index (Phi) is 9.61. The van der Waals surface area contributed by atoms with Gasteiger partial charge in [0.2, 0.25) is 0 Å². The molecule has 11 rings (SSSR count). The summed E-state index contributed by atoms with van der Waals surface area (Å²) in [6.45, 7) is 0. The molecule has 0 bridgehead atoms. The zero-order chi connectivity index (χ0) is 41.2. The summed E-state index contributed by atoms with van der Waals surface area (Å²) >= 11 is 0. The Labute approximate surface area is 362 Å². The minimum atomic E-state index is 0.704. The van der Waals surface area contributed by atoms with Crippen LogP contribution < -0.4 is 0 Å². The number of nitrogens with zero attached hydrogens (tertiary/aromatic N) is 3. The fourth-order valence-corrected chi connectivity index (χ4v) is 8.77. The summed E-state index contributed by atoms with van der Waals surface area (Å²) in [5.74, 6) is 0.704. The largest absolute Gasteiger partial charge is 0.309 e. The van der Waals surface area contributed by atoms with Crippen LogP contribution in [-0.4, -0.2) is 14.5 Å². The lowest BCUT2D eigenvalue weighted by atomic mass is 9.96. The number of benzene rings is 8. The highest BCUT2D eigenvalue weighted by Crippen LogP contribution is 2.40. The molecule has 0 fully saturated rings. The highest BCUT2D eigenvalue weighted by molar-refractivity contribution is 6.14. The number of hydrogen-bond acceptors (Lipinski definition) is 2. The summed E-state index contributed by atoms with van der Waals surface area (Å²) in [6, 6.07) is 73.7. The lowest BCUT2D eigenvalue weighted by Gasteiger charge is -2.12. The Morgan fingerprint density at radius 3 is 1.68 bits per heavy atom. The van der Waals surface area contributed by atoms with Crippen molar-refractivity contribution in [3.8, 4) is 73.0 Å². The molecule has 8 aromatic carbocycles. The van der Waals surface area contributed by atoms with Gasteiger partial charge < -0.3 is 4.57 Å². The van der Waals surface area contributed by atoms with E-state index in [0.717, 1.165) is 51.3 Å². The van der Waals surface area contributed by atoms with E-state index in [1.807, 2.05) is 18.2 Å². The van der Waals surface area contributed by atoms with Gasteiger partial charge in [0.05, 0.1) is 22.4 Å². The first-order valence-corrected chi connectivity index (χ1v) is 21.2. The molecule has 10 aromatic rings. The van der Waals surface area contributed by atoms with Crippen LogP contribution in [0, 0.1) is 0 Å². The minimum Gasteiger partial charge on any atom is -0.309 e. The van der Waals surface area contributed by atoms with Crippen LogP contribution in [0.25, 0.3) is 100 Å². The Balaban J connectivity index is 0.977. The predicted molar refractivity (Wildman–Crippen MR) is 260 cm³/mol. The molecule has 2 heterocycles. The molecule has 0 aliphatic heterocycles. The molecule has 0 amide bonds. The van der Waals surface area contributed by atoms with Gasteiger partial charge in [-0.2, -0.15) is 0 Å². The van der Waals surface area contributed by atoms with Gasteiger partial charge in [-0.25, -0.2) is 9.97 Å². The average molecular weight is 792 g/mol. The smallest absolute Gasteiger partial charge is 0.160 e. The lowest BCUT2D eigenvalue weighted by Crippen LogP contribution is -1.96. The van der Waals surface area contributed by atoms with E-state index in [-0.39, 0.29) is 0 Å². The molecule has 62 heavy (non-hydrogen) atoms. The van der Waals surface area contributed by atoms with Gasteiger partial charge in [-0.3, -0.25) is 0 Å². The van der Waals surface area contributed by atoms with Gasteiger partial charge >= 0.3 is 0 Å².